The van der Waals surface area contributed by atoms with Gasteiger partial charge in [-0.2, -0.15) is 0 Å². The van der Waals surface area contributed by atoms with E-state index < -0.39 is 5.82 Å². The molecule has 0 saturated carbocycles. The second-order valence-electron chi connectivity index (χ2n) is 6.86. The first kappa shape index (κ1) is 20.9. The monoisotopic (exact) mass is 455 g/mol. The molecule has 3 rings (SSSR count). The van der Waals surface area contributed by atoms with Gasteiger partial charge in [-0.05, 0) is 83.8 Å². The van der Waals surface area contributed by atoms with Crippen LogP contribution in [0.25, 0.3) is 11.3 Å². The van der Waals surface area contributed by atoms with Gasteiger partial charge >= 0.3 is 0 Å². The molecule has 0 unspecified atom stereocenters. The summed E-state index contributed by atoms with van der Waals surface area (Å²) in [4.78, 5) is 1.93. The molecule has 2 aromatic carbocycles. The number of hydrogen-bond acceptors (Lipinski definition) is 3. The van der Waals surface area contributed by atoms with E-state index in [9.17, 15) is 14.6 Å². The Morgan fingerprint density at radius 1 is 1.07 bits per heavy atom. The van der Waals surface area contributed by atoms with E-state index in [2.05, 4.69) is 15.9 Å². The Morgan fingerprint density at radius 2 is 1.83 bits per heavy atom. The molecule has 29 heavy (non-hydrogen) atoms. The molecule has 0 aliphatic carbocycles. The van der Waals surface area contributed by atoms with Crippen molar-refractivity contribution in [1.29, 1.82) is 0 Å². The molecule has 1 heterocycles. The molecule has 0 amide bonds. The molecule has 2 aromatic rings. The van der Waals surface area contributed by atoms with Crippen LogP contribution in [-0.4, -0.2) is 15.1 Å². The molecule has 3 nitrogen and oxygen atoms in total. The van der Waals surface area contributed by atoms with Crippen LogP contribution in [0.5, 0.6) is 11.5 Å². The number of allylic oxidation sites excluding steroid dienone is 5. The number of aromatic hydroxyl groups is 2. The van der Waals surface area contributed by atoms with Crippen molar-refractivity contribution in [2.75, 3.05) is 0 Å². The Morgan fingerprint density at radius 3 is 2.55 bits per heavy atom. The molecule has 0 spiro atoms. The number of rotatable bonds is 4. The van der Waals surface area contributed by atoms with Gasteiger partial charge in [0.15, 0.2) is 0 Å². The van der Waals surface area contributed by atoms with Gasteiger partial charge in [0.05, 0.1) is 10.2 Å². The van der Waals surface area contributed by atoms with Crippen molar-refractivity contribution in [1.82, 2.24) is 4.90 Å². The minimum atomic E-state index is -0.414. The van der Waals surface area contributed by atoms with Crippen molar-refractivity contribution in [3.8, 4) is 11.5 Å². The van der Waals surface area contributed by atoms with Gasteiger partial charge in [0.2, 0.25) is 0 Å². The van der Waals surface area contributed by atoms with Crippen molar-refractivity contribution < 1.29 is 14.6 Å². The summed E-state index contributed by atoms with van der Waals surface area (Å²) in [5.74, 6) is -0.242. The van der Waals surface area contributed by atoms with E-state index in [0.29, 0.717) is 21.3 Å². The van der Waals surface area contributed by atoms with E-state index in [1.165, 1.54) is 18.2 Å². The molecule has 1 aliphatic heterocycles. The third-order valence-electron chi connectivity index (χ3n) is 5.02. The molecule has 0 radical (unpaired) electrons. The summed E-state index contributed by atoms with van der Waals surface area (Å²) in [6, 6.07) is 9.45. The standard InChI is InChI=1S/C24H23BrFNO2/c1-4-15(2)23(19-14-17(26)11-12-22(19)28)27-13-6-5-10-21(27)16(3)18-8-7-9-20(25)24(18)29/h5-14,28-29H,4H2,1-3H3/b21-16+,23-15+. The highest BCUT2D eigenvalue weighted by molar-refractivity contribution is 9.10. The average Bonchev–Trinajstić information content (AvgIpc) is 2.72. The summed E-state index contributed by atoms with van der Waals surface area (Å²) in [5.41, 5.74) is 4.50. The molecular formula is C24H23BrFNO2. The van der Waals surface area contributed by atoms with E-state index in [1.807, 2.05) is 62.2 Å². The van der Waals surface area contributed by atoms with E-state index in [-0.39, 0.29) is 11.5 Å². The Kier molecular flexibility index (Phi) is 6.28. The highest BCUT2D eigenvalue weighted by atomic mass is 79.9. The summed E-state index contributed by atoms with van der Waals surface area (Å²) in [6.07, 6.45) is 8.35. The third kappa shape index (κ3) is 4.15. The van der Waals surface area contributed by atoms with Crippen molar-refractivity contribution in [2.24, 2.45) is 0 Å². The van der Waals surface area contributed by atoms with Crippen LogP contribution in [-0.2, 0) is 0 Å². The predicted octanol–water partition coefficient (Wildman–Crippen LogP) is 6.96. The molecule has 1 aliphatic rings. The van der Waals surface area contributed by atoms with E-state index >= 15 is 0 Å². The van der Waals surface area contributed by atoms with E-state index in [0.717, 1.165) is 23.3 Å². The van der Waals surface area contributed by atoms with Crippen LogP contribution < -0.4 is 0 Å². The topological polar surface area (TPSA) is 43.7 Å². The molecule has 0 fully saturated rings. The minimum absolute atomic E-state index is 0.0134. The van der Waals surface area contributed by atoms with Crippen molar-refractivity contribution in [3.05, 3.63) is 93.5 Å². The maximum atomic E-state index is 14.0. The first-order chi connectivity index (χ1) is 13.8. The van der Waals surface area contributed by atoms with Crippen molar-refractivity contribution >= 4 is 27.2 Å². The van der Waals surface area contributed by atoms with Gasteiger partial charge in [-0.3, -0.25) is 0 Å². The lowest BCUT2D eigenvalue weighted by Crippen LogP contribution is -2.18. The zero-order valence-corrected chi connectivity index (χ0v) is 18.2. The Hall–Kier alpha value is -2.79. The molecule has 0 atom stereocenters. The molecular weight excluding hydrogens is 433 g/mol. The van der Waals surface area contributed by atoms with Gasteiger partial charge in [-0.25, -0.2) is 4.39 Å². The maximum absolute atomic E-state index is 14.0. The van der Waals surface area contributed by atoms with E-state index in [4.69, 9.17) is 0 Å². The summed E-state index contributed by atoms with van der Waals surface area (Å²) in [6.45, 7) is 5.92. The molecule has 2 N–H and O–H groups in total. The summed E-state index contributed by atoms with van der Waals surface area (Å²) < 4.78 is 14.6. The normalized spacial score (nSPS) is 16.1. The zero-order chi connectivity index (χ0) is 21.1. The Balaban J connectivity index is 2.25. The Bertz CT molecular complexity index is 1070. The van der Waals surface area contributed by atoms with Crippen molar-refractivity contribution in [3.63, 3.8) is 0 Å². The number of benzene rings is 2. The first-order valence-corrected chi connectivity index (χ1v) is 10.2. The van der Waals surface area contributed by atoms with Gasteiger partial charge in [0, 0.05) is 23.0 Å². The zero-order valence-electron chi connectivity index (χ0n) is 16.6. The lowest BCUT2D eigenvalue weighted by molar-refractivity contribution is 0.467. The van der Waals surface area contributed by atoms with Gasteiger partial charge in [0.1, 0.15) is 17.3 Å². The van der Waals surface area contributed by atoms with Crippen LogP contribution >= 0.6 is 15.9 Å². The van der Waals surface area contributed by atoms with Crippen LogP contribution in [0.15, 0.2) is 76.6 Å². The van der Waals surface area contributed by atoms with Crippen LogP contribution in [0.4, 0.5) is 4.39 Å². The largest absolute Gasteiger partial charge is 0.507 e. The summed E-state index contributed by atoms with van der Waals surface area (Å²) in [7, 11) is 0. The van der Waals surface area contributed by atoms with Gasteiger partial charge in [0.25, 0.3) is 0 Å². The fourth-order valence-corrected chi connectivity index (χ4v) is 3.70. The molecule has 5 heteroatoms. The number of nitrogens with zero attached hydrogens (tertiary/aromatic N) is 1. The summed E-state index contributed by atoms with van der Waals surface area (Å²) in [5, 5.41) is 21.0. The number of phenols is 2. The van der Waals surface area contributed by atoms with Crippen LogP contribution in [0.3, 0.4) is 0 Å². The highest BCUT2D eigenvalue weighted by Gasteiger charge is 2.22. The average molecular weight is 456 g/mol. The number of halogens is 2. The quantitative estimate of drug-likeness (QED) is 0.523. The fraction of sp³-hybridized carbons (Fsp3) is 0.167. The van der Waals surface area contributed by atoms with E-state index in [1.54, 1.807) is 6.07 Å². The Labute approximate surface area is 178 Å². The second-order valence-corrected chi connectivity index (χ2v) is 7.72. The lowest BCUT2D eigenvalue weighted by Gasteiger charge is -2.31. The molecule has 150 valence electrons. The molecule has 0 bridgehead atoms. The predicted molar refractivity (Wildman–Crippen MR) is 119 cm³/mol. The maximum Gasteiger partial charge on any atom is 0.137 e. The number of para-hydroxylation sites is 1. The van der Waals surface area contributed by atoms with Crippen molar-refractivity contribution in [2.45, 2.75) is 27.2 Å². The summed E-state index contributed by atoms with van der Waals surface area (Å²) >= 11 is 3.37. The van der Waals surface area contributed by atoms with Gasteiger partial charge in [-0.1, -0.05) is 25.1 Å². The first-order valence-electron chi connectivity index (χ1n) is 9.36. The number of phenolic OH excluding ortho intramolecular Hbond substituents is 2. The van der Waals surface area contributed by atoms with Crippen LogP contribution in [0.2, 0.25) is 0 Å². The van der Waals surface area contributed by atoms with Gasteiger partial charge in [-0.15, -0.1) is 0 Å². The minimum Gasteiger partial charge on any atom is -0.507 e. The highest BCUT2D eigenvalue weighted by Crippen LogP contribution is 2.40. The molecule has 0 saturated heterocycles. The lowest BCUT2D eigenvalue weighted by atomic mass is 9.98. The smallest absolute Gasteiger partial charge is 0.137 e. The van der Waals surface area contributed by atoms with Crippen LogP contribution in [0.1, 0.15) is 38.3 Å². The molecule has 0 aromatic heterocycles. The SMILES string of the molecule is CC/C(C)=C(\c1cc(F)ccc1O)N1C=CC=C/C1=C(/C)c1cccc(Br)c1O. The van der Waals surface area contributed by atoms with Crippen LogP contribution in [0, 0.1) is 5.82 Å². The van der Waals surface area contributed by atoms with Gasteiger partial charge < -0.3 is 15.1 Å². The number of hydrogen-bond donors (Lipinski definition) is 2. The fourth-order valence-electron chi connectivity index (χ4n) is 3.33. The third-order valence-corrected chi connectivity index (χ3v) is 5.66. The second kappa shape index (κ2) is 8.70.